The molecular formula is C15H19N3O. The molecule has 0 saturated carbocycles. The number of carbonyl (C=O) groups excluding carboxylic acids is 1. The smallest absolute Gasteiger partial charge is 0.253 e. The molecule has 1 heterocycles. The molecule has 0 N–H and O–H groups in total. The zero-order chi connectivity index (χ0) is 13.7. The lowest BCUT2D eigenvalue weighted by molar-refractivity contribution is 0.0782. The van der Waals surface area contributed by atoms with E-state index in [-0.39, 0.29) is 5.91 Å². The molecule has 1 fully saturated rings. The molecule has 0 unspecified atom stereocenters. The van der Waals surface area contributed by atoms with Crippen LogP contribution >= 0.6 is 0 Å². The summed E-state index contributed by atoms with van der Waals surface area (Å²) in [5, 5.41) is 8.85. The van der Waals surface area contributed by atoms with Crippen LogP contribution in [0.2, 0.25) is 0 Å². The van der Waals surface area contributed by atoms with Crippen molar-refractivity contribution in [2.24, 2.45) is 0 Å². The van der Waals surface area contributed by atoms with Crippen molar-refractivity contribution in [2.45, 2.75) is 12.8 Å². The Morgan fingerprint density at radius 1 is 1.42 bits per heavy atom. The molecule has 0 spiro atoms. The average molecular weight is 257 g/mol. The topological polar surface area (TPSA) is 47.3 Å². The Balaban J connectivity index is 1.92. The third-order valence-corrected chi connectivity index (χ3v) is 3.54. The molecule has 1 amide bonds. The van der Waals surface area contributed by atoms with Gasteiger partial charge in [0.25, 0.3) is 5.91 Å². The largest absolute Gasteiger partial charge is 0.340 e. The molecule has 0 aromatic heterocycles. The lowest BCUT2D eigenvalue weighted by Gasteiger charge is -2.21. The highest BCUT2D eigenvalue weighted by atomic mass is 16.2. The van der Waals surface area contributed by atoms with E-state index in [1.54, 1.807) is 29.2 Å². The summed E-state index contributed by atoms with van der Waals surface area (Å²) in [6.07, 6.45) is 2.53. The summed E-state index contributed by atoms with van der Waals surface area (Å²) in [7, 11) is 1.82. The number of benzene rings is 1. The van der Waals surface area contributed by atoms with Crippen molar-refractivity contribution in [3.8, 4) is 6.07 Å². The summed E-state index contributed by atoms with van der Waals surface area (Å²) in [5.74, 6) is -0.0173. The van der Waals surface area contributed by atoms with Crippen molar-refractivity contribution in [2.75, 3.05) is 33.2 Å². The highest BCUT2D eigenvalue weighted by molar-refractivity contribution is 5.94. The van der Waals surface area contributed by atoms with Crippen molar-refractivity contribution in [3.05, 3.63) is 35.4 Å². The van der Waals surface area contributed by atoms with Crippen molar-refractivity contribution in [1.82, 2.24) is 9.80 Å². The summed E-state index contributed by atoms with van der Waals surface area (Å²) in [4.78, 5) is 16.3. The van der Waals surface area contributed by atoms with Gasteiger partial charge in [-0.1, -0.05) is 6.07 Å². The van der Waals surface area contributed by atoms with Gasteiger partial charge in [-0.05, 0) is 44.1 Å². The first-order valence-corrected chi connectivity index (χ1v) is 6.68. The van der Waals surface area contributed by atoms with Gasteiger partial charge in [-0.2, -0.15) is 5.26 Å². The van der Waals surface area contributed by atoms with Gasteiger partial charge < -0.3 is 9.80 Å². The van der Waals surface area contributed by atoms with E-state index in [0.717, 1.165) is 26.2 Å². The van der Waals surface area contributed by atoms with Gasteiger partial charge in [0.05, 0.1) is 11.6 Å². The van der Waals surface area contributed by atoms with Crippen LogP contribution in [0.15, 0.2) is 24.3 Å². The van der Waals surface area contributed by atoms with E-state index < -0.39 is 0 Å². The number of likely N-dealkylation sites (tertiary alicyclic amines) is 1. The Labute approximate surface area is 114 Å². The Kier molecular flexibility index (Phi) is 4.53. The zero-order valence-electron chi connectivity index (χ0n) is 11.3. The molecule has 1 aliphatic heterocycles. The normalized spacial score (nSPS) is 15.2. The SMILES string of the molecule is CN(CCN1CCCC1)C(=O)c1cccc(C#N)c1. The minimum absolute atomic E-state index is 0.0173. The zero-order valence-corrected chi connectivity index (χ0v) is 11.3. The standard InChI is InChI=1S/C15H19N3O/c1-17(9-10-18-7-2-3-8-18)15(19)14-6-4-5-13(11-14)12-16/h4-6,11H,2-3,7-10H2,1H3. The first-order chi connectivity index (χ1) is 9.20. The van der Waals surface area contributed by atoms with Crippen LogP contribution in [0.25, 0.3) is 0 Å². The van der Waals surface area contributed by atoms with Crippen LogP contribution in [0.3, 0.4) is 0 Å². The lowest BCUT2D eigenvalue weighted by atomic mass is 10.1. The molecule has 100 valence electrons. The summed E-state index contributed by atoms with van der Waals surface area (Å²) < 4.78 is 0. The van der Waals surface area contributed by atoms with E-state index in [0.29, 0.717) is 11.1 Å². The van der Waals surface area contributed by atoms with E-state index >= 15 is 0 Å². The van der Waals surface area contributed by atoms with Crippen LogP contribution in [0.4, 0.5) is 0 Å². The molecule has 0 radical (unpaired) electrons. The summed E-state index contributed by atoms with van der Waals surface area (Å²) in [6, 6.07) is 8.93. The second-order valence-electron chi connectivity index (χ2n) is 4.97. The molecule has 0 bridgehead atoms. The van der Waals surface area contributed by atoms with E-state index in [2.05, 4.69) is 11.0 Å². The first kappa shape index (κ1) is 13.6. The highest BCUT2D eigenvalue weighted by Gasteiger charge is 2.15. The molecule has 19 heavy (non-hydrogen) atoms. The second-order valence-corrected chi connectivity index (χ2v) is 4.97. The van der Waals surface area contributed by atoms with Crippen LogP contribution in [-0.4, -0.2) is 48.9 Å². The van der Waals surface area contributed by atoms with Gasteiger partial charge in [0, 0.05) is 25.7 Å². The molecular weight excluding hydrogens is 238 g/mol. The number of hydrogen-bond donors (Lipinski definition) is 0. The van der Waals surface area contributed by atoms with Crippen LogP contribution in [-0.2, 0) is 0 Å². The van der Waals surface area contributed by atoms with E-state index in [4.69, 9.17) is 5.26 Å². The Morgan fingerprint density at radius 2 is 2.16 bits per heavy atom. The van der Waals surface area contributed by atoms with E-state index in [9.17, 15) is 4.79 Å². The van der Waals surface area contributed by atoms with E-state index in [1.807, 2.05) is 7.05 Å². The molecule has 4 nitrogen and oxygen atoms in total. The number of nitrogens with zero attached hydrogens (tertiary/aromatic N) is 3. The number of hydrogen-bond acceptors (Lipinski definition) is 3. The Hall–Kier alpha value is -1.86. The fourth-order valence-corrected chi connectivity index (χ4v) is 2.34. The number of rotatable bonds is 4. The maximum Gasteiger partial charge on any atom is 0.253 e. The second kappa shape index (κ2) is 6.35. The van der Waals surface area contributed by atoms with Gasteiger partial charge in [0.2, 0.25) is 0 Å². The minimum Gasteiger partial charge on any atom is -0.340 e. The minimum atomic E-state index is -0.0173. The van der Waals surface area contributed by atoms with Gasteiger partial charge in [-0.3, -0.25) is 4.79 Å². The van der Waals surface area contributed by atoms with Crippen LogP contribution < -0.4 is 0 Å². The predicted molar refractivity (Wildman–Crippen MR) is 73.8 cm³/mol. The average Bonchev–Trinajstić information content (AvgIpc) is 2.97. The highest BCUT2D eigenvalue weighted by Crippen LogP contribution is 2.09. The third-order valence-electron chi connectivity index (χ3n) is 3.54. The number of nitriles is 1. The maximum absolute atomic E-state index is 12.2. The molecule has 1 aromatic rings. The molecule has 0 atom stereocenters. The molecule has 1 aliphatic rings. The van der Waals surface area contributed by atoms with Crippen molar-refractivity contribution in [3.63, 3.8) is 0 Å². The van der Waals surface area contributed by atoms with Gasteiger partial charge in [0.15, 0.2) is 0 Å². The monoisotopic (exact) mass is 257 g/mol. The number of likely N-dealkylation sites (N-methyl/N-ethyl adjacent to an activating group) is 1. The third kappa shape index (κ3) is 3.55. The molecule has 0 aliphatic carbocycles. The van der Waals surface area contributed by atoms with Gasteiger partial charge in [0.1, 0.15) is 0 Å². The van der Waals surface area contributed by atoms with Gasteiger partial charge in [-0.25, -0.2) is 0 Å². The maximum atomic E-state index is 12.2. The molecule has 2 rings (SSSR count). The van der Waals surface area contributed by atoms with Crippen LogP contribution in [0.1, 0.15) is 28.8 Å². The predicted octanol–water partition coefficient (Wildman–Crippen LogP) is 1.73. The fraction of sp³-hybridized carbons (Fsp3) is 0.467. The summed E-state index contributed by atoms with van der Waals surface area (Å²) in [5.41, 5.74) is 1.11. The quantitative estimate of drug-likeness (QED) is 0.825. The van der Waals surface area contributed by atoms with Crippen molar-refractivity contribution in [1.29, 1.82) is 5.26 Å². The van der Waals surface area contributed by atoms with Crippen LogP contribution in [0, 0.1) is 11.3 Å². The molecule has 4 heteroatoms. The lowest BCUT2D eigenvalue weighted by Crippen LogP contribution is -2.35. The summed E-state index contributed by atoms with van der Waals surface area (Å²) in [6.45, 7) is 3.95. The van der Waals surface area contributed by atoms with Gasteiger partial charge in [-0.15, -0.1) is 0 Å². The number of carbonyl (C=O) groups is 1. The van der Waals surface area contributed by atoms with Crippen molar-refractivity contribution < 1.29 is 4.79 Å². The van der Waals surface area contributed by atoms with Crippen LogP contribution in [0.5, 0.6) is 0 Å². The molecule has 1 saturated heterocycles. The number of amides is 1. The summed E-state index contributed by atoms with van der Waals surface area (Å²) >= 11 is 0. The molecule has 1 aromatic carbocycles. The van der Waals surface area contributed by atoms with Gasteiger partial charge >= 0.3 is 0 Å². The Bertz CT molecular complexity index is 486. The first-order valence-electron chi connectivity index (χ1n) is 6.68. The van der Waals surface area contributed by atoms with Crippen molar-refractivity contribution >= 4 is 5.91 Å². The fourth-order valence-electron chi connectivity index (χ4n) is 2.34. The Morgan fingerprint density at radius 3 is 2.84 bits per heavy atom. The van der Waals surface area contributed by atoms with E-state index in [1.165, 1.54) is 12.8 Å².